The van der Waals surface area contributed by atoms with Crippen LogP contribution in [0.3, 0.4) is 0 Å². The average Bonchev–Trinajstić information content (AvgIpc) is 2.72. The Bertz CT molecular complexity index is 691. The van der Waals surface area contributed by atoms with Gasteiger partial charge in [0.1, 0.15) is 11.4 Å². The van der Waals surface area contributed by atoms with Crippen molar-refractivity contribution < 1.29 is 5.11 Å². The van der Waals surface area contributed by atoms with E-state index >= 15 is 0 Å². The maximum absolute atomic E-state index is 9.77. The molecule has 3 aromatic rings. The first kappa shape index (κ1) is 9.59. The molecule has 0 radical (unpaired) electrons. The van der Waals surface area contributed by atoms with E-state index in [1.165, 1.54) is 10.7 Å². The van der Waals surface area contributed by atoms with Crippen LogP contribution >= 0.6 is 0 Å². The van der Waals surface area contributed by atoms with Crippen LogP contribution in [0.5, 0.6) is 5.75 Å². The molecule has 0 amide bonds. The van der Waals surface area contributed by atoms with Crippen molar-refractivity contribution in [1.82, 2.24) is 19.8 Å². The van der Waals surface area contributed by atoms with Crippen LogP contribution in [-0.2, 0) is 0 Å². The van der Waals surface area contributed by atoms with Crippen molar-refractivity contribution in [3.05, 3.63) is 36.7 Å². The molecule has 0 bridgehead atoms. The molecule has 0 fully saturated rings. The highest BCUT2D eigenvalue weighted by Crippen LogP contribution is 2.29. The van der Waals surface area contributed by atoms with Crippen molar-refractivity contribution in [2.24, 2.45) is 0 Å². The minimum atomic E-state index is 0.147. The van der Waals surface area contributed by atoms with Crippen LogP contribution in [-0.4, -0.2) is 24.9 Å². The Morgan fingerprint density at radius 3 is 2.88 bits per heavy atom. The average molecular weight is 227 g/mol. The number of phenolic OH excluding ortho intramolecular Hbond substituents is 1. The first-order chi connectivity index (χ1) is 8.25. The smallest absolute Gasteiger partial charge is 0.183 e. The second kappa shape index (κ2) is 3.44. The fourth-order valence-electron chi connectivity index (χ4n) is 1.65. The molecule has 3 rings (SSSR count). The molecule has 0 aliphatic rings. The lowest BCUT2D eigenvalue weighted by Crippen LogP contribution is -1.94. The molecule has 2 aromatic heterocycles. The Labute approximate surface area is 96.3 Å². The van der Waals surface area contributed by atoms with E-state index in [1.54, 1.807) is 24.4 Å². The highest BCUT2D eigenvalue weighted by molar-refractivity contribution is 5.77. The van der Waals surface area contributed by atoms with Gasteiger partial charge in [-0.15, -0.1) is 5.10 Å². The first-order valence-electron chi connectivity index (χ1n) is 5.00. The molecule has 0 aliphatic carbocycles. The summed E-state index contributed by atoms with van der Waals surface area (Å²) in [5, 5.41) is 17.7. The number of aromatic hydroxyl groups is 1. The van der Waals surface area contributed by atoms with Crippen LogP contribution in [0, 0.1) is 0 Å². The number of anilines is 1. The predicted molar refractivity (Wildman–Crippen MR) is 62.3 cm³/mol. The molecule has 0 saturated carbocycles. The number of benzene rings is 1. The van der Waals surface area contributed by atoms with Gasteiger partial charge in [-0.25, -0.2) is 4.98 Å². The van der Waals surface area contributed by atoms with E-state index in [1.807, 2.05) is 6.07 Å². The van der Waals surface area contributed by atoms with Crippen LogP contribution in [0.15, 0.2) is 36.7 Å². The molecular formula is C11H9N5O. The number of hydrogen-bond donors (Lipinski definition) is 2. The van der Waals surface area contributed by atoms with E-state index in [0.717, 1.165) is 0 Å². The van der Waals surface area contributed by atoms with Gasteiger partial charge in [0.15, 0.2) is 5.65 Å². The monoisotopic (exact) mass is 227 g/mol. The van der Waals surface area contributed by atoms with Crippen molar-refractivity contribution in [1.29, 1.82) is 0 Å². The standard InChI is InChI=1S/C11H9N5O/c12-7-5-13-11-10(14-15-16(11)6-7)8-3-1-2-4-9(8)17/h1-6,17H,12H2. The van der Waals surface area contributed by atoms with Gasteiger partial charge in [-0.1, -0.05) is 17.3 Å². The molecule has 0 spiro atoms. The van der Waals surface area contributed by atoms with Crippen molar-refractivity contribution in [2.45, 2.75) is 0 Å². The number of hydrogen-bond acceptors (Lipinski definition) is 5. The minimum absolute atomic E-state index is 0.147. The highest BCUT2D eigenvalue weighted by Gasteiger charge is 2.12. The van der Waals surface area contributed by atoms with Crippen molar-refractivity contribution in [2.75, 3.05) is 5.73 Å². The molecule has 0 aliphatic heterocycles. The second-order valence-electron chi connectivity index (χ2n) is 3.61. The van der Waals surface area contributed by atoms with E-state index in [4.69, 9.17) is 5.73 Å². The van der Waals surface area contributed by atoms with Gasteiger partial charge >= 0.3 is 0 Å². The maximum atomic E-state index is 9.77. The van der Waals surface area contributed by atoms with Crippen LogP contribution in [0.25, 0.3) is 16.9 Å². The summed E-state index contributed by atoms with van der Waals surface area (Å²) in [6, 6.07) is 6.92. The summed E-state index contributed by atoms with van der Waals surface area (Å²) in [6.07, 6.45) is 3.15. The van der Waals surface area contributed by atoms with Gasteiger partial charge in [-0.05, 0) is 12.1 Å². The number of nitrogen functional groups attached to an aromatic ring is 1. The number of aromatic nitrogens is 4. The van der Waals surface area contributed by atoms with E-state index in [0.29, 0.717) is 22.6 Å². The van der Waals surface area contributed by atoms with Gasteiger partial charge in [-0.3, -0.25) is 0 Å². The Morgan fingerprint density at radius 1 is 1.24 bits per heavy atom. The molecule has 0 atom stereocenters. The largest absolute Gasteiger partial charge is 0.507 e. The molecule has 1 aromatic carbocycles. The third-order valence-electron chi connectivity index (χ3n) is 2.44. The van der Waals surface area contributed by atoms with Crippen molar-refractivity contribution in [3.8, 4) is 17.0 Å². The van der Waals surface area contributed by atoms with Crippen molar-refractivity contribution in [3.63, 3.8) is 0 Å². The van der Waals surface area contributed by atoms with Gasteiger partial charge in [-0.2, -0.15) is 4.52 Å². The number of fused-ring (bicyclic) bond motifs is 1. The fraction of sp³-hybridized carbons (Fsp3) is 0. The lowest BCUT2D eigenvalue weighted by Gasteiger charge is -2.00. The predicted octanol–water partition coefficient (Wildman–Crippen LogP) is 1.08. The molecule has 6 heteroatoms. The molecule has 2 heterocycles. The number of nitrogens with zero attached hydrogens (tertiary/aromatic N) is 4. The van der Waals surface area contributed by atoms with Crippen LogP contribution in [0.1, 0.15) is 0 Å². The summed E-state index contributed by atoms with van der Waals surface area (Å²) in [5.41, 5.74) is 7.79. The normalized spacial score (nSPS) is 10.8. The van der Waals surface area contributed by atoms with Crippen LogP contribution in [0.2, 0.25) is 0 Å². The molecule has 0 unspecified atom stereocenters. The number of phenols is 1. The zero-order valence-electron chi connectivity index (χ0n) is 8.78. The third-order valence-corrected chi connectivity index (χ3v) is 2.44. The third kappa shape index (κ3) is 1.46. The van der Waals surface area contributed by atoms with E-state index in [9.17, 15) is 5.11 Å². The van der Waals surface area contributed by atoms with Crippen molar-refractivity contribution >= 4 is 11.3 Å². The Kier molecular flexibility index (Phi) is 1.94. The highest BCUT2D eigenvalue weighted by atomic mass is 16.3. The lowest BCUT2D eigenvalue weighted by molar-refractivity contribution is 0.477. The fourth-order valence-corrected chi connectivity index (χ4v) is 1.65. The zero-order valence-corrected chi connectivity index (χ0v) is 8.78. The lowest BCUT2D eigenvalue weighted by atomic mass is 10.1. The first-order valence-corrected chi connectivity index (χ1v) is 5.00. The number of nitrogens with two attached hydrogens (primary N) is 1. The van der Waals surface area contributed by atoms with Gasteiger partial charge in [0.2, 0.25) is 0 Å². The molecule has 0 saturated heterocycles. The SMILES string of the molecule is Nc1cnc2c(-c3ccccc3O)nnn2c1. The molecule has 84 valence electrons. The van der Waals surface area contributed by atoms with E-state index in [-0.39, 0.29) is 5.75 Å². The summed E-state index contributed by atoms with van der Waals surface area (Å²) in [6.45, 7) is 0. The van der Waals surface area contributed by atoms with Crippen LogP contribution < -0.4 is 5.73 Å². The van der Waals surface area contributed by atoms with Gasteiger partial charge in [0, 0.05) is 5.56 Å². The van der Waals surface area contributed by atoms with E-state index in [2.05, 4.69) is 15.3 Å². The summed E-state index contributed by atoms with van der Waals surface area (Å²) in [4.78, 5) is 4.16. The molecule has 6 nitrogen and oxygen atoms in total. The number of rotatable bonds is 1. The topological polar surface area (TPSA) is 89.3 Å². The summed E-state index contributed by atoms with van der Waals surface area (Å²) >= 11 is 0. The Hall–Kier alpha value is -2.63. The molecule has 17 heavy (non-hydrogen) atoms. The number of para-hydroxylation sites is 1. The maximum Gasteiger partial charge on any atom is 0.183 e. The summed E-state index contributed by atoms with van der Waals surface area (Å²) in [7, 11) is 0. The summed E-state index contributed by atoms with van der Waals surface area (Å²) in [5.74, 6) is 0.147. The van der Waals surface area contributed by atoms with Gasteiger partial charge < -0.3 is 10.8 Å². The summed E-state index contributed by atoms with van der Waals surface area (Å²) < 4.78 is 1.48. The minimum Gasteiger partial charge on any atom is -0.507 e. The van der Waals surface area contributed by atoms with Crippen LogP contribution in [0.4, 0.5) is 5.69 Å². The Balaban J connectivity index is 2.29. The molecular weight excluding hydrogens is 218 g/mol. The van der Waals surface area contributed by atoms with Gasteiger partial charge in [0.25, 0.3) is 0 Å². The second-order valence-corrected chi connectivity index (χ2v) is 3.61. The van der Waals surface area contributed by atoms with Gasteiger partial charge in [0.05, 0.1) is 18.1 Å². The Morgan fingerprint density at radius 2 is 2.06 bits per heavy atom. The quantitative estimate of drug-likeness (QED) is 0.649. The van der Waals surface area contributed by atoms with E-state index < -0.39 is 0 Å². The zero-order chi connectivity index (χ0) is 11.8. The molecule has 3 N–H and O–H groups in total.